The van der Waals surface area contributed by atoms with Gasteiger partial charge in [0.25, 0.3) is 5.56 Å². The van der Waals surface area contributed by atoms with Gasteiger partial charge < -0.3 is 5.11 Å². The molecular weight excluding hydrogens is 543 g/mol. The Kier molecular flexibility index (Phi) is 6.70. The van der Waals surface area contributed by atoms with Crippen LogP contribution in [0.5, 0.6) is 5.88 Å². The van der Waals surface area contributed by atoms with E-state index in [0.29, 0.717) is 40.5 Å². The van der Waals surface area contributed by atoms with Gasteiger partial charge in [0.15, 0.2) is 4.90 Å². The predicted molar refractivity (Wildman–Crippen MR) is 148 cm³/mol. The van der Waals surface area contributed by atoms with E-state index in [1.807, 2.05) is 6.07 Å². The van der Waals surface area contributed by atoms with Crippen LogP contribution in [-0.4, -0.2) is 28.1 Å². The van der Waals surface area contributed by atoms with E-state index in [0.717, 1.165) is 31.2 Å². The lowest BCUT2D eigenvalue weighted by Gasteiger charge is -2.24. The van der Waals surface area contributed by atoms with Crippen LogP contribution >= 0.6 is 0 Å². The fourth-order valence-corrected chi connectivity index (χ4v) is 6.74. The molecule has 1 atom stereocenters. The molecule has 0 amide bonds. The van der Waals surface area contributed by atoms with E-state index in [-0.39, 0.29) is 10.8 Å². The lowest BCUT2D eigenvalue weighted by atomic mass is 9.99. The normalized spacial score (nSPS) is 15.8. The molecule has 0 unspecified atom stereocenters. The van der Waals surface area contributed by atoms with Crippen molar-refractivity contribution in [1.82, 2.24) is 14.5 Å². The van der Waals surface area contributed by atoms with Gasteiger partial charge in [0.2, 0.25) is 21.7 Å². The van der Waals surface area contributed by atoms with E-state index in [1.165, 1.54) is 22.8 Å². The van der Waals surface area contributed by atoms with Gasteiger partial charge in [-0.2, -0.15) is 14.6 Å². The highest BCUT2D eigenvalue weighted by Crippen LogP contribution is 2.45. The predicted octanol–water partition coefficient (Wildman–Crippen LogP) is 5.11. The number of nitriles is 1. The Labute approximate surface area is 236 Å². The van der Waals surface area contributed by atoms with Crippen molar-refractivity contribution in [3.8, 4) is 23.1 Å². The maximum absolute atomic E-state index is 14.2. The third kappa shape index (κ3) is 5.13. The van der Waals surface area contributed by atoms with Gasteiger partial charge in [-0.3, -0.25) is 9.36 Å². The summed E-state index contributed by atoms with van der Waals surface area (Å²) in [6, 6.07) is 17.2. The third-order valence-electron chi connectivity index (χ3n) is 7.80. The van der Waals surface area contributed by atoms with Crippen LogP contribution in [0.25, 0.3) is 11.1 Å². The van der Waals surface area contributed by atoms with Crippen LogP contribution in [0.1, 0.15) is 54.4 Å². The molecule has 208 valence electrons. The SMILES string of the molecule is Cc1nc(F)ccc1-c1ccc(S(=O)(=O)c2c(O)nc(CC3CC3)n([C@H](c3cccc(C#N)c3)C3CC3)c2=O)cc1. The van der Waals surface area contributed by atoms with E-state index in [1.54, 1.807) is 43.3 Å². The molecule has 2 heterocycles. The molecule has 0 radical (unpaired) electrons. The summed E-state index contributed by atoms with van der Waals surface area (Å²) < 4.78 is 42.6. The lowest BCUT2D eigenvalue weighted by molar-refractivity contribution is 0.399. The Morgan fingerprint density at radius 2 is 1.80 bits per heavy atom. The van der Waals surface area contributed by atoms with Crippen LogP contribution in [0, 0.1) is 36.0 Å². The van der Waals surface area contributed by atoms with Crippen molar-refractivity contribution in [3.05, 3.63) is 99.6 Å². The van der Waals surface area contributed by atoms with Crippen molar-refractivity contribution in [2.45, 2.75) is 54.9 Å². The second-order valence-electron chi connectivity index (χ2n) is 10.8. The molecular formula is C31H27FN4O4S. The minimum Gasteiger partial charge on any atom is -0.492 e. The summed E-state index contributed by atoms with van der Waals surface area (Å²) in [5, 5.41) is 20.4. The number of aromatic hydroxyl groups is 1. The monoisotopic (exact) mass is 570 g/mol. The lowest BCUT2D eigenvalue weighted by Crippen LogP contribution is -2.34. The highest BCUT2D eigenvalue weighted by molar-refractivity contribution is 7.91. The Balaban J connectivity index is 1.48. The largest absolute Gasteiger partial charge is 0.492 e. The molecule has 2 fully saturated rings. The minimum absolute atomic E-state index is 0.0772. The second kappa shape index (κ2) is 10.2. The number of halogens is 1. The summed E-state index contributed by atoms with van der Waals surface area (Å²) in [6.07, 6.45) is 4.09. The maximum atomic E-state index is 14.2. The van der Waals surface area contributed by atoms with Gasteiger partial charge in [0.1, 0.15) is 5.82 Å². The summed E-state index contributed by atoms with van der Waals surface area (Å²) >= 11 is 0. The quantitative estimate of drug-likeness (QED) is 0.292. The first-order valence-electron chi connectivity index (χ1n) is 13.5. The van der Waals surface area contributed by atoms with Gasteiger partial charge >= 0.3 is 0 Å². The van der Waals surface area contributed by atoms with Gasteiger partial charge in [0.05, 0.1) is 22.6 Å². The molecule has 2 saturated carbocycles. The van der Waals surface area contributed by atoms with Gasteiger partial charge in [0, 0.05) is 17.7 Å². The summed E-state index contributed by atoms with van der Waals surface area (Å²) in [4.78, 5) is 21.4. The van der Waals surface area contributed by atoms with E-state index < -0.39 is 38.2 Å². The van der Waals surface area contributed by atoms with Gasteiger partial charge in [-0.15, -0.1) is 0 Å². The number of nitrogens with zero attached hydrogens (tertiary/aromatic N) is 4. The zero-order chi connectivity index (χ0) is 28.9. The maximum Gasteiger partial charge on any atom is 0.277 e. The molecule has 2 aliphatic carbocycles. The molecule has 0 aliphatic heterocycles. The molecule has 41 heavy (non-hydrogen) atoms. The van der Waals surface area contributed by atoms with Crippen LogP contribution in [-0.2, 0) is 16.3 Å². The van der Waals surface area contributed by atoms with Crippen molar-refractivity contribution in [3.63, 3.8) is 0 Å². The Hall–Kier alpha value is -4.36. The average Bonchev–Trinajstić information content (AvgIpc) is 3.87. The van der Waals surface area contributed by atoms with Crippen LogP contribution < -0.4 is 5.56 Å². The number of rotatable bonds is 8. The number of benzene rings is 2. The third-order valence-corrected chi connectivity index (χ3v) is 9.58. The molecule has 6 rings (SSSR count). The molecule has 0 saturated heterocycles. The van der Waals surface area contributed by atoms with Crippen molar-refractivity contribution in [2.24, 2.45) is 11.8 Å². The van der Waals surface area contributed by atoms with Crippen LogP contribution in [0.3, 0.4) is 0 Å². The second-order valence-corrected chi connectivity index (χ2v) is 12.7. The summed E-state index contributed by atoms with van der Waals surface area (Å²) in [6.45, 7) is 1.65. The van der Waals surface area contributed by atoms with Gasteiger partial charge in [-0.1, -0.05) is 24.3 Å². The smallest absolute Gasteiger partial charge is 0.277 e. The van der Waals surface area contributed by atoms with Crippen molar-refractivity contribution in [2.75, 3.05) is 0 Å². The van der Waals surface area contributed by atoms with Crippen LogP contribution in [0.15, 0.2) is 75.2 Å². The van der Waals surface area contributed by atoms with E-state index >= 15 is 0 Å². The average molecular weight is 571 g/mol. The first-order chi connectivity index (χ1) is 19.7. The van der Waals surface area contributed by atoms with Crippen LogP contribution in [0.4, 0.5) is 4.39 Å². The first kappa shape index (κ1) is 26.8. The number of pyridine rings is 1. The summed E-state index contributed by atoms with van der Waals surface area (Å²) in [5.74, 6) is -0.683. The highest BCUT2D eigenvalue weighted by Gasteiger charge is 2.39. The molecule has 2 aromatic heterocycles. The highest BCUT2D eigenvalue weighted by atomic mass is 32.2. The number of hydrogen-bond donors (Lipinski definition) is 1. The number of sulfone groups is 1. The molecule has 10 heteroatoms. The molecule has 2 aliphatic rings. The molecule has 8 nitrogen and oxygen atoms in total. The van der Waals surface area contributed by atoms with E-state index in [9.17, 15) is 28.0 Å². The molecule has 4 aromatic rings. The van der Waals surface area contributed by atoms with Crippen molar-refractivity contribution >= 4 is 9.84 Å². The van der Waals surface area contributed by atoms with Gasteiger partial charge in [-0.05, 0) is 92.0 Å². The molecule has 2 aromatic carbocycles. The standard InChI is InChI=1S/C31H27FN4O4S/c1-18-25(13-14-26(32)34-18)21-9-11-24(12-10-21)41(39,40)29-30(37)35-27(16-19-5-6-19)36(31(29)38)28(22-7-8-22)23-4-2-3-20(15-23)17-33/h2-4,9-15,19,22,28,37H,5-8,16H2,1H3/t28-/m0/s1. The van der Waals surface area contributed by atoms with Gasteiger partial charge in [-0.25, -0.2) is 13.4 Å². The Morgan fingerprint density at radius 3 is 2.44 bits per heavy atom. The molecule has 0 bridgehead atoms. The number of aromatic nitrogens is 3. The van der Waals surface area contributed by atoms with E-state index in [4.69, 9.17) is 0 Å². The zero-order valence-electron chi connectivity index (χ0n) is 22.3. The van der Waals surface area contributed by atoms with Crippen molar-refractivity contribution in [1.29, 1.82) is 5.26 Å². The summed E-state index contributed by atoms with van der Waals surface area (Å²) in [7, 11) is -4.48. The molecule has 0 spiro atoms. The topological polar surface area (TPSA) is 126 Å². The Bertz CT molecular complexity index is 1870. The minimum atomic E-state index is -4.48. The zero-order valence-corrected chi connectivity index (χ0v) is 23.1. The van der Waals surface area contributed by atoms with Crippen LogP contribution in [0.2, 0.25) is 0 Å². The molecule has 1 N–H and O–H groups in total. The fraction of sp³-hybridized carbons (Fsp3) is 0.290. The summed E-state index contributed by atoms with van der Waals surface area (Å²) in [5.41, 5.74) is 2.06. The Morgan fingerprint density at radius 1 is 1.07 bits per heavy atom. The van der Waals surface area contributed by atoms with E-state index in [2.05, 4.69) is 16.0 Å². The number of aryl methyl sites for hydroxylation is 1. The first-order valence-corrected chi connectivity index (χ1v) is 15.0. The number of hydrogen-bond acceptors (Lipinski definition) is 7. The van der Waals surface area contributed by atoms with Crippen molar-refractivity contribution < 1.29 is 17.9 Å². The fourth-order valence-electron chi connectivity index (χ4n) is 5.40.